The van der Waals surface area contributed by atoms with Gasteiger partial charge in [0.25, 0.3) is 0 Å². The highest BCUT2D eigenvalue weighted by molar-refractivity contribution is 5.78. The van der Waals surface area contributed by atoms with Gasteiger partial charge in [0.1, 0.15) is 0 Å². The fraction of sp³-hybridized carbons (Fsp3) is 0.727. The Labute approximate surface area is 100 Å². The number of carboxylic acid groups (broad SMARTS) is 1. The zero-order chi connectivity index (χ0) is 12.7. The number of likely N-dealkylation sites (tertiary alicyclic amines) is 1. The monoisotopic (exact) mass is 239 g/mol. The number of hydrogen-bond acceptors (Lipinski definition) is 4. The van der Waals surface area contributed by atoms with E-state index in [4.69, 9.17) is 10.4 Å². The lowest BCUT2D eigenvalue weighted by molar-refractivity contribution is -0.144. The standard InChI is InChI=1S/C11H17N3O3/c12-4-2-5-13-10(15)8-14-6-1-3-9(7-14)11(16)17/h9H,1-3,5-8H2,(H,13,15)(H,16,17). The van der Waals surface area contributed by atoms with Crippen molar-refractivity contribution in [2.24, 2.45) is 5.92 Å². The van der Waals surface area contributed by atoms with Crippen molar-refractivity contribution in [3.63, 3.8) is 0 Å². The van der Waals surface area contributed by atoms with Crippen molar-refractivity contribution in [1.82, 2.24) is 10.2 Å². The van der Waals surface area contributed by atoms with Gasteiger partial charge in [-0.3, -0.25) is 14.5 Å². The van der Waals surface area contributed by atoms with Crippen molar-refractivity contribution in [3.8, 4) is 6.07 Å². The van der Waals surface area contributed by atoms with Gasteiger partial charge >= 0.3 is 5.97 Å². The maximum absolute atomic E-state index is 11.5. The third-order valence-corrected chi connectivity index (χ3v) is 2.78. The van der Waals surface area contributed by atoms with Crippen molar-refractivity contribution < 1.29 is 14.7 Å². The zero-order valence-electron chi connectivity index (χ0n) is 9.69. The van der Waals surface area contributed by atoms with Crippen LogP contribution < -0.4 is 5.32 Å². The Balaban J connectivity index is 2.28. The fourth-order valence-corrected chi connectivity index (χ4v) is 1.92. The first-order valence-electron chi connectivity index (χ1n) is 5.72. The third-order valence-electron chi connectivity index (χ3n) is 2.78. The number of nitriles is 1. The first-order chi connectivity index (χ1) is 8.13. The highest BCUT2D eigenvalue weighted by Crippen LogP contribution is 2.15. The lowest BCUT2D eigenvalue weighted by atomic mass is 9.98. The van der Waals surface area contributed by atoms with E-state index in [9.17, 15) is 9.59 Å². The molecule has 0 aromatic heterocycles. The van der Waals surface area contributed by atoms with E-state index in [2.05, 4.69) is 5.32 Å². The van der Waals surface area contributed by atoms with Gasteiger partial charge in [-0.25, -0.2) is 0 Å². The van der Waals surface area contributed by atoms with Crippen LogP contribution in [0.15, 0.2) is 0 Å². The first-order valence-corrected chi connectivity index (χ1v) is 5.72. The SMILES string of the molecule is N#CCCNC(=O)CN1CCCC(C(=O)O)C1. The molecule has 0 saturated carbocycles. The fourth-order valence-electron chi connectivity index (χ4n) is 1.92. The summed E-state index contributed by atoms with van der Waals surface area (Å²) in [6.45, 7) is 1.76. The Morgan fingerprint density at radius 3 is 2.94 bits per heavy atom. The molecule has 1 fully saturated rings. The molecule has 1 heterocycles. The molecule has 1 rings (SSSR count). The summed E-state index contributed by atoms with van der Waals surface area (Å²) in [6.07, 6.45) is 1.79. The Morgan fingerprint density at radius 2 is 2.29 bits per heavy atom. The molecule has 1 aliphatic heterocycles. The molecule has 0 spiro atoms. The van der Waals surface area contributed by atoms with Crippen molar-refractivity contribution in [2.45, 2.75) is 19.3 Å². The average molecular weight is 239 g/mol. The van der Waals surface area contributed by atoms with Crippen LogP contribution in [-0.2, 0) is 9.59 Å². The number of nitrogens with one attached hydrogen (secondary N) is 1. The molecule has 0 radical (unpaired) electrons. The van der Waals surface area contributed by atoms with E-state index in [1.165, 1.54) is 0 Å². The molecule has 6 heteroatoms. The summed E-state index contributed by atoms with van der Waals surface area (Å²) in [5.74, 6) is -1.30. The number of hydrogen-bond donors (Lipinski definition) is 2. The number of nitrogens with zero attached hydrogens (tertiary/aromatic N) is 2. The molecule has 2 N–H and O–H groups in total. The van der Waals surface area contributed by atoms with Gasteiger partial charge in [-0.15, -0.1) is 0 Å². The summed E-state index contributed by atoms with van der Waals surface area (Å²) < 4.78 is 0. The summed E-state index contributed by atoms with van der Waals surface area (Å²) >= 11 is 0. The lowest BCUT2D eigenvalue weighted by Gasteiger charge is -2.29. The van der Waals surface area contributed by atoms with E-state index in [-0.39, 0.29) is 18.4 Å². The van der Waals surface area contributed by atoms with Gasteiger partial charge < -0.3 is 10.4 Å². The Hall–Kier alpha value is -1.61. The predicted octanol–water partition coefficient (Wildman–Crippen LogP) is -0.187. The molecule has 1 unspecified atom stereocenters. The molecule has 1 amide bonds. The van der Waals surface area contributed by atoms with E-state index in [1.807, 2.05) is 11.0 Å². The second kappa shape index (κ2) is 6.86. The van der Waals surface area contributed by atoms with E-state index in [1.54, 1.807) is 0 Å². The summed E-state index contributed by atoms with van der Waals surface area (Å²) in [5.41, 5.74) is 0. The number of carbonyl (C=O) groups excluding carboxylic acids is 1. The van der Waals surface area contributed by atoms with Crippen LogP contribution in [-0.4, -0.2) is 48.1 Å². The van der Waals surface area contributed by atoms with Crippen LogP contribution in [0.25, 0.3) is 0 Å². The first kappa shape index (κ1) is 13.5. The maximum Gasteiger partial charge on any atom is 0.307 e. The summed E-state index contributed by atoms with van der Waals surface area (Å²) in [7, 11) is 0. The van der Waals surface area contributed by atoms with Gasteiger partial charge in [-0.1, -0.05) is 0 Å². The van der Waals surface area contributed by atoms with E-state index in [0.717, 1.165) is 13.0 Å². The number of carboxylic acids is 1. The summed E-state index contributed by atoms with van der Waals surface area (Å²) in [6, 6.07) is 1.94. The number of rotatable bonds is 5. The minimum Gasteiger partial charge on any atom is -0.481 e. The Kier molecular flexibility index (Phi) is 5.43. The van der Waals surface area contributed by atoms with Gasteiger partial charge in [-0.2, -0.15) is 5.26 Å². The predicted molar refractivity (Wildman–Crippen MR) is 60.0 cm³/mol. The highest BCUT2D eigenvalue weighted by Gasteiger charge is 2.26. The minimum absolute atomic E-state index is 0.147. The molecular weight excluding hydrogens is 222 g/mol. The van der Waals surface area contributed by atoms with Gasteiger partial charge in [-0.05, 0) is 19.4 Å². The minimum atomic E-state index is -0.792. The van der Waals surface area contributed by atoms with E-state index >= 15 is 0 Å². The van der Waals surface area contributed by atoms with Gasteiger partial charge in [0.05, 0.1) is 25.0 Å². The molecule has 0 bridgehead atoms. The van der Waals surface area contributed by atoms with Crippen LogP contribution in [0.3, 0.4) is 0 Å². The van der Waals surface area contributed by atoms with Gasteiger partial charge in [0.2, 0.25) is 5.91 Å². The van der Waals surface area contributed by atoms with Crippen molar-refractivity contribution in [3.05, 3.63) is 0 Å². The molecule has 17 heavy (non-hydrogen) atoms. The van der Waals surface area contributed by atoms with Crippen LogP contribution >= 0.6 is 0 Å². The Morgan fingerprint density at radius 1 is 1.53 bits per heavy atom. The van der Waals surface area contributed by atoms with Crippen molar-refractivity contribution in [2.75, 3.05) is 26.2 Å². The van der Waals surface area contributed by atoms with Crippen LogP contribution in [0.2, 0.25) is 0 Å². The second-order valence-corrected chi connectivity index (χ2v) is 4.17. The Bertz CT molecular complexity index is 324. The van der Waals surface area contributed by atoms with Crippen LogP contribution in [0.1, 0.15) is 19.3 Å². The quantitative estimate of drug-likeness (QED) is 0.649. The molecule has 0 aromatic carbocycles. The summed E-state index contributed by atoms with van der Waals surface area (Å²) in [5, 5.41) is 19.8. The molecule has 1 atom stereocenters. The molecule has 0 aliphatic carbocycles. The number of carbonyl (C=O) groups is 2. The zero-order valence-corrected chi connectivity index (χ0v) is 9.69. The normalized spacial score (nSPS) is 20.5. The third kappa shape index (κ3) is 4.83. The van der Waals surface area contributed by atoms with Gasteiger partial charge in [0, 0.05) is 13.1 Å². The number of aliphatic carboxylic acids is 1. The number of piperidine rings is 1. The maximum atomic E-state index is 11.5. The van der Waals surface area contributed by atoms with Crippen molar-refractivity contribution in [1.29, 1.82) is 5.26 Å². The van der Waals surface area contributed by atoms with Gasteiger partial charge in [0.15, 0.2) is 0 Å². The molecule has 0 aromatic rings. The largest absolute Gasteiger partial charge is 0.481 e. The molecule has 1 saturated heterocycles. The topological polar surface area (TPSA) is 93.4 Å². The van der Waals surface area contributed by atoms with E-state index in [0.29, 0.717) is 25.9 Å². The van der Waals surface area contributed by atoms with Crippen LogP contribution in [0.5, 0.6) is 0 Å². The molecule has 1 aliphatic rings. The molecule has 94 valence electrons. The van der Waals surface area contributed by atoms with Crippen molar-refractivity contribution >= 4 is 11.9 Å². The van der Waals surface area contributed by atoms with E-state index < -0.39 is 5.97 Å². The highest BCUT2D eigenvalue weighted by atomic mass is 16.4. The smallest absolute Gasteiger partial charge is 0.307 e. The molecule has 6 nitrogen and oxygen atoms in total. The second-order valence-electron chi connectivity index (χ2n) is 4.17. The average Bonchev–Trinajstić information content (AvgIpc) is 2.29. The van der Waals surface area contributed by atoms with Crippen LogP contribution in [0.4, 0.5) is 0 Å². The number of amides is 1. The lowest BCUT2D eigenvalue weighted by Crippen LogP contribution is -2.44. The van der Waals surface area contributed by atoms with Crippen LogP contribution in [0, 0.1) is 17.2 Å². The molecular formula is C11H17N3O3. The summed E-state index contributed by atoms with van der Waals surface area (Å²) in [4.78, 5) is 24.1.